The Hall–Kier alpha value is -2.02. The highest BCUT2D eigenvalue weighted by atomic mass is 32.2. The smallest absolute Gasteiger partial charge is 0.266 e. The number of carbonyl (C=O) groups is 2. The van der Waals surface area contributed by atoms with Crippen LogP contribution in [-0.4, -0.2) is 38.9 Å². The minimum atomic E-state index is -1.81. The van der Waals surface area contributed by atoms with Gasteiger partial charge in [-0.1, -0.05) is 60.7 Å². The maximum absolute atomic E-state index is 13.2. The van der Waals surface area contributed by atoms with Crippen LogP contribution in [0.5, 0.6) is 0 Å². The lowest BCUT2D eigenvalue weighted by molar-refractivity contribution is -0.146. The number of hydrogen-bond donors (Lipinski definition) is 1. The molecule has 2 aromatic rings. The first-order valence-corrected chi connectivity index (χ1v) is 10.7. The minimum Gasteiger partial charge on any atom is -0.375 e. The summed E-state index contributed by atoms with van der Waals surface area (Å²) in [6, 6.07) is 18.8. The van der Waals surface area contributed by atoms with Gasteiger partial charge in [0.25, 0.3) is 11.8 Å². The quantitative estimate of drug-likeness (QED) is 0.634. The minimum absolute atomic E-state index is 0.101. The van der Waals surface area contributed by atoms with Gasteiger partial charge in [0.15, 0.2) is 5.60 Å². The number of aliphatic hydroxyl groups is 1. The fourth-order valence-electron chi connectivity index (χ4n) is 3.41. The summed E-state index contributed by atoms with van der Waals surface area (Å²) in [6.45, 7) is 0.168. The van der Waals surface area contributed by atoms with Crippen molar-refractivity contribution in [3.63, 3.8) is 0 Å². The molecule has 2 heterocycles. The summed E-state index contributed by atoms with van der Waals surface area (Å²) < 4.78 is 0.780. The van der Waals surface area contributed by atoms with Gasteiger partial charge in [-0.05, 0) is 11.1 Å². The highest BCUT2D eigenvalue weighted by Gasteiger charge is 2.56. The summed E-state index contributed by atoms with van der Waals surface area (Å²) in [5.74, 6) is 0.853. The molecule has 4 rings (SSSR count). The van der Waals surface area contributed by atoms with Gasteiger partial charge in [0.05, 0.1) is 16.4 Å². The van der Waals surface area contributed by atoms with Gasteiger partial charge in [0.1, 0.15) is 0 Å². The number of nitrogens with zero attached hydrogens (tertiary/aromatic N) is 1. The number of carbonyl (C=O) groups excluding carboxylic acids is 2. The average molecular weight is 398 g/mol. The fraction of sp³-hybridized carbons (Fsp3) is 0.238. The van der Waals surface area contributed by atoms with Gasteiger partial charge in [-0.3, -0.25) is 14.5 Å². The van der Waals surface area contributed by atoms with Crippen LogP contribution in [0.3, 0.4) is 0 Å². The molecule has 2 aliphatic rings. The predicted octanol–water partition coefficient (Wildman–Crippen LogP) is 3.22. The van der Waals surface area contributed by atoms with Crippen molar-refractivity contribution < 1.29 is 14.7 Å². The normalized spacial score (nSPS) is 22.8. The number of benzene rings is 2. The summed E-state index contributed by atoms with van der Waals surface area (Å²) in [5.41, 5.74) is 0.125. The van der Waals surface area contributed by atoms with Crippen molar-refractivity contribution in [2.75, 3.05) is 11.5 Å². The topological polar surface area (TPSA) is 57.6 Å². The molecule has 0 radical (unpaired) electrons. The molecule has 0 spiro atoms. The van der Waals surface area contributed by atoms with Gasteiger partial charge in [-0.2, -0.15) is 0 Å². The van der Waals surface area contributed by atoms with Gasteiger partial charge in [-0.25, -0.2) is 0 Å². The number of rotatable bonds is 4. The standard InChI is InChI=1S/C21H19NO3S2/c23-18-17(19-26-11-12-27-19)21(25,13-15-7-3-1-4-8-15)20(24)22(18)14-16-9-5-2-6-10-16/h1-10,25H,11-14H2. The van der Waals surface area contributed by atoms with E-state index in [4.69, 9.17) is 0 Å². The molecule has 2 saturated heterocycles. The first-order chi connectivity index (χ1) is 13.1. The van der Waals surface area contributed by atoms with Crippen LogP contribution in [0.25, 0.3) is 0 Å². The average Bonchev–Trinajstić information content (AvgIpc) is 3.26. The number of amides is 2. The molecule has 1 atom stereocenters. The number of likely N-dealkylation sites (tertiary alicyclic amines) is 1. The lowest BCUT2D eigenvalue weighted by atomic mass is 9.89. The number of imide groups is 1. The van der Waals surface area contributed by atoms with Crippen LogP contribution in [0.2, 0.25) is 0 Å². The molecule has 2 fully saturated rings. The molecule has 0 aromatic heterocycles. The molecular weight excluding hydrogens is 378 g/mol. The Kier molecular flexibility index (Phi) is 5.12. The maximum Gasteiger partial charge on any atom is 0.266 e. The van der Waals surface area contributed by atoms with Gasteiger partial charge in [0.2, 0.25) is 0 Å². The van der Waals surface area contributed by atoms with Crippen LogP contribution in [0.1, 0.15) is 11.1 Å². The van der Waals surface area contributed by atoms with Crippen molar-refractivity contribution in [3.05, 3.63) is 81.6 Å². The second kappa shape index (κ2) is 7.54. The Balaban J connectivity index is 1.74. The van der Waals surface area contributed by atoms with E-state index in [0.717, 1.165) is 26.9 Å². The summed E-state index contributed by atoms with van der Waals surface area (Å²) >= 11 is 3.10. The molecule has 27 heavy (non-hydrogen) atoms. The Morgan fingerprint density at radius 1 is 0.889 bits per heavy atom. The van der Waals surface area contributed by atoms with E-state index in [-0.39, 0.29) is 24.4 Å². The van der Waals surface area contributed by atoms with E-state index >= 15 is 0 Å². The molecule has 2 aliphatic heterocycles. The molecule has 6 heteroatoms. The van der Waals surface area contributed by atoms with Crippen LogP contribution in [0.4, 0.5) is 0 Å². The van der Waals surface area contributed by atoms with Gasteiger partial charge in [0, 0.05) is 17.9 Å². The van der Waals surface area contributed by atoms with E-state index in [1.807, 2.05) is 60.7 Å². The molecule has 4 nitrogen and oxygen atoms in total. The van der Waals surface area contributed by atoms with E-state index in [9.17, 15) is 14.7 Å². The predicted molar refractivity (Wildman–Crippen MR) is 109 cm³/mol. The monoisotopic (exact) mass is 397 g/mol. The zero-order chi connectivity index (χ0) is 18.9. The third kappa shape index (κ3) is 3.45. The van der Waals surface area contributed by atoms with Gasteiger partial charge < -0.3 is 5.11 Å². The summed E-state index contributed by atoms with van der Waals surface area (Å²) in [5, 5.41) is 11.5. The van der Waals surface area contributed by atoms with E-state index in [1.165, 1.54) is 4.90 Å². The number of hydrogen-bond acceptors (Lipinski definition) is 5. The Bertz CT molecular complexity index is 890. The second-order valence-electron chi connectivity index (χ2n) is 6.56. The SMILES string of the molecule is O=C1C(=C2SCCS2)C(O)(Cc2ccccc2)C(=O)N1Cc1ccccc1. The second-order valence-corrected chi connectivity index (χ2v) is 9.03. The number of thioether (sulfide) groups is 2. The third-order valence-electron chi connectivity index (χ3n) is 4.71. The Morgan fingerprint density at radius 3 is 2.04 bits per heavy atom. The van der Waals surface area contributed by atoms with Crippen molar-refractivity contribution in [3.8, 4) is 0 Å². The zero-order valence-electron chi connectivity index (χ0n) is 14.6. The maximum atomic E-state index is 13.2. The van der Waals surface area contributed by atoms with E-state index in [0.29, 0.717) is 0 Å². The molecule has 0 saturated carbocycles. The van der Waals surface area contributed by atoms with Crippen molar-refractivity contribution in [2.45, 2.75) is 18.6 Å². The van der Waals surface area contributed by atoms with E-state index in [2.05, 4.69) is 0 Å². The van der Waals surface area contributed by atoms with Crippen molar-refractivity contribution in [1.29, 1.82) is 0 Å². The molecule has 2 amide bonds. The van der Waals surface area contributed by atoms with E-state index in [1.54, 1.807) is 23.5 Å². The zero-order valence-corrected chi connectivity index (χ0v) is 16.3. The Labute approximate surface area is 166 Å². The fourth-order valence-corrected chi connectivity index (χ4v) is 6.08. The molecule has 0 bridgehead atoms. The first kappa shape index (κ1) is 18.3. The summed E-state index contributed by atoms with van der Waals surface area (Å²) in [6.07, 6.45) is 0.101. The van der Waals surface area contributed by atoms with E-state index < -0.39 is 11.5 Å². The van der Waals surface area contributed by atoms with Crippen molar-refractivity contribution >= 4 is 35.3 Å². The molecule has 1 unspecified atom stereocenters. The molecular formula is C21H19NO3S2. The van der Waals surface area contributed by atoms with Crippen molar-refractivity contribution in [2.24, 2.45) is 0 Å². The highest BCUT2D eigenvalue weighted by Crippen LogP contribution is 2.46. The Morgan fingerprint density at radius 2 is 1.44 bits per heavy atom. The molecule has 138 valence electrons. The molecule has 2 aromatic carbocycles. The summed E-state index contributed by atoms with van der Waals surface area (Å²) in [4.78, 5) is 27.6. The van der Waals surface area contributed by atoms with Crippen LogP contribution < -0.4 is 0 Å². The van der Waals surface area contributed by atoms with Gasteiger partial charge in [-0.15, -0.1) is 23.5 Å². The summed E-state index contributed by atoms with van der Waals surface area (Å²) in [7, 11) is 0. The molecule has 1 N–H and O–H groups in total. The first-order valence-electron chi connectivity index (χ1n) is 8.76. The van der Waals surface area contributed by atoms with Crippen LogP contribution in [-0.2, 0) is 22.6 Å². The lowest BCUT2D eigenvalue weighted by Crippen LogP contribution is -2.42. The van der Waals surface area contributed by atoms with Crippen LogP contribution in [0, 0.1) is 0 Å². The van der Waals surface area contributed by atoms with Crippen LogP contribution in [0.15, 0.2) is 70.5 Å². The largest absolute Gasteiger partial charge is 0.375 e. The third-order valence-corrected chi connectivity index (χ3v) is 7.43. The molecule has 0 aliphatic carbocycles. The van der Waals surface area contributed by atoms with Crippen LogP contribution >= 0.6 is 23.5 Å². The lowest BCUT2D eigenvalue weighted by Gasteiger charge is -2.22. The van der Waals surface area contributed by atoms with Crippen molar-refractivity contribution in [1.82, 2.24) is 4.90 Å². The highest BCUT2D eigenvalue weighted by molar-refractivity contribution is 8.25. The van der Waals surface area contributed by atoms with Gasteiger partial charge >= 0.3 is 0 Å².